The lowest BCUT2D eigenvalue weighted by atomic mass is 9.99. The maximum atomic E-state index is 13.2. The van der Waals surface area contributed by atoms with Crippen LogP contribution in [0.2, 0.25) is 0 Å². The largest absolute Gasteiger partial charge is 0.328 e. The molecule has 1 amide bonds. The van der Waals surface area contributed by atoms with Crippen molar-refractivity contribution in [2.75, 3.05) is 31.1 Å². The molecule has 1 unspecified atom stereocenters. The molecular weight excluding hydrogens is 540 g/mol. The van der Waals surface area contributed by atoms with Gasteiger partial charge in [0.15, 0.2) is 0 Å². The SMILES string of the molecule is Cl.Cl.Cl.Cl.NC(CCCCN1CCCC1)CCCN1C(=O)c2cccc3c(-c4ccn[nH]4)ccc1c23. The number of halogens is 4. The van der Waals surface area contributed by atoms with Gasteiger partial charge in [-0.2, -0.15) is 5.10 Å². The molecule has 2 aliphatic rings. The normalized spacial score (nSPS) is 15.1. The summed E-state index contributed by atoms with van der Waals surface area (Å²) < 4.78 is 0. The molecule has 2 aliphatic heterocycles. The number of nitrogens with one attached hydrogen (secondary N) is 1. The number of nitrogens with two attached hydrogens (primary N) is 1. The van der Waals surface area contributed by atoms with Crippen molar-refractivity contribution in [2.45, 2.75) is 51.0 Å². The molecule has 0 aliphatic carbocycles. The monoisotopic (exact) mass is 575 g/mol. The molecule has 1 aromatic heterocycles. The van der Waals surface area contributed by atoms with Crippen LogP contribution in [0.1, 0.15) is 55.3 Å². The predicted molar refractivity (Wildman–Crippen MR) is 159 cm³/mol. The molecule has 3 heterocycles. The van der Waals surface area contributed by atoms with E-state index in [0.29, 0.717) is 6.54 Å². The van der Waals surface area contributed by atoms with Crippen LogP contribution in [0.4, 0.5) is 5.69 Å². The quantitative estimate of drug-likeness (QED) is 0.280. The van der Waals surface area contributed by atoms with E-state index in [1.54, 1.807) is 6.20 Å². The molecule has 2 aromatic carbocycles. The number of H-pyrrole nitrogens is 1. The Morgan fingerprint density at radius 1 is 0.889 bits per heavy atom. The van der Waals surface area contributed by atoms with Crippen LogP contribution in [-0.4, -0.2) is 53.2 Å². The minimum atomic E-state index is 0. The van der Waals surface area contributed by atoms with Gasteiger partial charge < -0.3 is 15.5 Å². The Kier molecular flexibility index (Phi) is 13.5. The number of carbonyl (C=O) groups excluding carboxylic acids is 1. The highest BCUT2D eigenvalue weighted by Gasteiger charge is 2.30. The van der Waals surface area contributed by atoms with Crippen molar-refractivity contribution < 1.29 is 4.79 Å². The Hall–Kier alpha value is -1.54. The number of hydrogen-bond acceptors (Lipinski definition) is 4. The molecule has 0 bridgehead atoms. The van der Waals surface area contributed by atoms with Crippen LogP contribution in [-0.2, 0) is 0 Å². The Morgan fingerprint density at radius 3 is 2.36 bits per heavy atom. The van der Waals surface area contributed by atoms with Crippen molar-refractivity contribution >= 4 is 72.0 Å². The van der Waals surface area contributed by atoms with E-state index in [0.717, 1.165) is 52.5 Å². The lowest BCUT2D eigenvalue weighted by Crippen LogP contribution is -2.29. The molecular formula is C26H37Cl4N5O. The number of hydrogen-bond donors (Lipinski definition) is 2. The summed E-state index contributed by atoms with van der Waals surface area (Å²) in [5, 5.41) is 9.27. The van der Waals surface area contributed by atoms with Gasteiger partial charge in [0, 0.05) is 35.3 Å². The van der Waals surface area contributed by atoms with Crippen LogP contribution in [0.25, 0.3) is 22.0 Å². The number of likely N-dealkylation sites (tertiary alicyclic amines) is 1. The first kappa shape index (κ1) is 32.5. The molecule has 36 heavy (non-hydrogen) atoms. The minimum Gasteiger partial charge on any atom is -0.328 e. The summed E-state index contributed by atoms with van der Waals surface area (Å²) in [5.74, 6) is 0.103. The van der Waals surface area contributed by atoms with Crippen molar-refractivity contribution in [3.05, 3.63) is 48.2 Å². The van der Waals surface area contributed by atoms with E-state index in [9.17, 15) is 4.79 Å². The molecule has 3 aromatic rings. The number of benzene rings is 2. The van der Waals surface area contributed by atoms with Gasteiger partial charge in [-0.15, -0.1) is 49.6 Å². The second kappa shape index (κ2) is 15.0. The van der Waals surface area contributed by atoms with Crippen LogP contribution in [0.5, 0.6) is 0 Å². The fourth-order valence-corrected chi connectivity index (χ4v) is 5.31. The van der Waals surface area contributed by atoms with Crippen LogP contribution in [0.15, 0.2) is 42.6 Å². The number of anilines is 1. The number of unbranched alkanes of at least 4 members (excludes halogenated alkanes) is 1. The van der Waals surface area contributed by atoms with E-state index >= 15 is 0 Å². The van der Waals surface area contributed by atoms with E-state index in [2.05, 4.69) is 33.3 Å². The fourth-order valence-electron chi connectivity index (χ4n) is 5.31. The van der Waals surface area contributed by atoms with E-state index in [4.69, 9.17) is 5.73 Å². The topological polar surface area (TPSA) is 78.2 Å². The third kappa shape index (κ3) is 6.85. The van der Waals surface area contributed by atoms with Gasteiger partial charge in [-0.1, -0.05) is 24.6 Å². The number of carbonyl (C=O) groups is 1. The highest BCUT2D eigenvalue weighted by molar-refractivity contribution is 6.26. The number of aromatic nitrogens is 2. The molecule has 3 N–H and O–H groups in total. The van der Waals surface area contributed by atoms with Crippen molar-refractivity contribution in [3.63, 3.8) is 0 Å². The predicted octanol–water partition coefficient (Wildman–Crippen LogP) is 6.25. The standard InChI is InChI=1S/C26H33N5O.4ClH/c27-19(7-1-2-15-30-16-3-4-17-30)8-6-18-31-24-12-11-20(23-13-14-28-29-23)21-9-5-10-22(25(21)24)26(31)32;;;;/h5,9-14,19H,1-4,6-8,15-18,27H2,(H,28,29);4*1H. The first-order valence-electron chi connectivity index (χ1n) is 12.1. The lowest BCUT2D eigenvalue weighted by molar-refractivity contribution is 0.0992. The molecule has 5 rings (SSSR count). The van der Waals surface area contributed by atoms with Gasteiger partial charge in [-0.05, 0) is 81.7 Å². The highest BCUT2D eigenvalue weighted by Crippen LogP contribution is 2.41. The number of rotatable bonds is 10. The van der Waals surface area contributed by atoms with Gasteiger partial charge in [0.05, 0.1) is 11.4 Å². The number of amides is 1. The van der Waals surface area contributed by atoms with Crippen LogP contribution in [0.3, 0.4) is 0 Å². The number of aromatic amines is 1. The Bertz CT molecular complexity index is 1090. The van der Waals surface area contributed by atoms with Crippen LogP contribution < -0.4 is 10.6 Å². The molecule has 0 radical (unpaired) electrons. The lowest BCUT2D eigenvalue weighted by Gasteiger charge is -2.20. The molecule has 10 heteroatoms. The van der Waals surface area contributed by atoms with Gasteiger partial charge in [0.1, 0.15) is 0 Å². The Labute approximate surface area is 238 Å². The molecule has 0 spiro atoms. The summed E-state index contributed by atoms with van der Waals surface area (Å²) in [4.78, 5) is 17.7. The smallest absolute Gasteiger partial charge is 0.258 e. The average Bonchev–Trinajstić information content (AvgIpc) is 3.56. The molecule has 6 nitrogen and oxygen atoms in total. The summed E-state index contributed by atoms with van der Waals surface area (Å²) in [7, 11) is 0. The maximum absolute atomic E-state index is 13.2. The summed E-state index contributed by atoms with van der Waals surface area (Å²) >= 11 is 0. The molecule has 1 atom stereocenters. The Morgan fingerprint density at radius 2 is 1.64 bits per heavy atom. The van der Waals surface area contributed by atoms with E-state index < -0.39 is 0 Å². The molecule has 1 saturated heterocycles. The van der Waals surface area contributed by atoms with Crippen molar-refractivity contribution in [3.8, 4) is 11.3 Å². The fraction of sp³-hybridized carbons (Fsp3) is 0.462. The third-order valence-electron chi connectivity index (χ3n) is 7.03. The number of nitrogens with zero attached hydrogens (tertiary/aromatic N) is 3. The third-order valence-corrected chi connectivity index (χ3v) is 7.03. The van der Waals surface area contributed by atoms with E-state index in [1.807, 2.05) is 23.1 Å². The van der Waals surface area contributed by atoms with E-state index in [1.165, 1.54) is 45.3 Å². The van der Waals surface area contributed by atoms with Gasteiger partial charge in [0.25, 0.3) is 5.91 Å². The zero-order valence-corrected chi connectivity index (χ0v) is 23.6. The maximum Gasteiger partial charge on any atom is 0.258 e. The zero-order valence-electron chi connectivity index (χ0n) is 20.4. The first-order chi connectivity index (χ1) is 15.7. The summed E-state index contributed by atoms with van der Waals surface area (Å²) in [6.45, 7) is 4.48. The van der Waals surface area contributed by atoms with Crippen LogP contribution >= 0.6 is 49.6 Å². The highest BCUT2D eigenvalue weighted by atomic mass is 35.5. The molecule has 1 fully saturated rings. The second-order valence-corrected chi connectivity index (χ2v) is 9.23. The van der Waals surface area contributed by atoms with Gasteiger partial charge in [0.2, 0.25) is 0 Å². The van der Waals surface area contributed by atoms with Crippen molar-refractivity contribution in [2.24, 2.45) is 5.73 Å². The first-order valence-corrected chi connectivity index (χ1v) is 12.1. The van der Waals surface area contributed by atoms with E-state index in [-0.39, 0.29) is 61.6 Å². The summed E-state index contributed by atoms with van der Waals surface area (Å²) in [6, 6.07) is 12.4. The van der Waals surface area contributed by atoms with Gasteiger partial charge >= 0.3 is 0 Å². The van der Waals surface area contributed by atoms with Gasteiger partial charge in [-0.3, -0.25) is 9.89 Å². The Balaban J connectivity index is 0.00000162. The summed E-state index contributed by atoms with van der Waals surface area (Å²) in [5.41, 5.74) is 10.3. The van der Waals surface area contributed by atoms with Crippen molar-refractivity contribution in [1.82, 2.24) is 15.1 Å². The zero-order chi connectivity index (χ0) is 21.9. The van der Waals surface area contributed by atoms with Crippen molar-refractivity contribution in [1.29, 1.82) is 0 Å². The minimum absolute atomic E-state index is 0. The summed E-state index contributed by atoms with van der Waals surface area (Å²) in [6.07, 6.45) is 9.87. The van der Waals surface area contributed by atoms with Gasteiger partial charge in [-0.25, -0.2) is 0 Å². The second-order valence-electron chi connectivity index (χ2n) is 9.23. The molecule has 0 saturated carbocycles. The molecule has 200 valence electrons. The average molecular weight is 577 g/mol. The van der Waals surface area contributed by atoms with Crippen LogP contribution in [0, 0.1) is 0 Å².